The number of amides is 1. The fraction of sp³-hybridized carbons (Fsp3) is 0.667. The van der Waals surface area contributed by atoms with Crippen LogP contribution in [0.5, 0.6) is 11.5 Å². The average molecular weight is 515 g/mol. The lowest BCUT2D eigenvalue weighted by molar-refractivity contribution is -0.144. The topological polar surface area (TPSA) is 79.3 Å². The first-order chi connectivity index (χ1) is 17.6. The third-order valence-corrected chi connectivity index (χ3v) is 7.53. The highest BCUT2D eigenvalue weighted by molar-refractivity contribution is 5.79. The van der Waals surface area contributed by atoms with Crippen LogP contribution in [-0.2, 0) is 9.59 Å². The van der Waals surface area contributed by atoms with Gasteiger partial charge in [-0.3, -0.25) is 14.5 Å². The van der Waals surface area contributed by atoms with E-state index in [0.717, 1.165) is 44.3 Å². The Morgan fingerprint density at radius 2 is 1.76 bits per heavy atom. The van der Waals surface area contributed by atoms with Gasteiger partial charge in [-0.25, -0.2) is 0 Å². The molecule has 7 heteroatoms. The fourth-order valence-electron chi connectivity index (χ4n) is 5.94. The van der Waals surface area contributed by atoms with E-state index in [1.54, 1.807) is 0 Å². The van der Waals surface area contributed by atoms with Gasteiger partial charge in [0, 0.05) is 31.6 Å². The van der Waals surface area contributed by atoms with Gasteiger partial charge in [-0.05, 0) is 56.2 Å². The van der Waals surface area contributed by atoms with E-state index < -0.39 is 11.9 Å². The number of aliphatic carboxylic acids is 1. The van der Waals surface area contributed by atoms with Crippen LogP contribution in [0.2, 0.25) is 0 Å². The lowest BCUT2D eigenvalue weighted by atomic mass is 9.77. The standard InChI is InChI=1S/C30H46N2O5/c1-7-9-13-31(14-10-8-2)27(33)19-32-18-23(22-11-12-25-26(15-22)37-20-36-25)28(29(34)35)24(32)17-30(5,6)16-21(3)4/h11-12,15-16,23-24,28H,7-10,13-14,17-20H2,1-6H3,(H,34,35)/t23-,24+,28-/m1/s1. The molecule has 206 valence electrons. The van der Waals surface area contributed by atoms with Crippen molar-refractivity contribution in [1.82, 2.24) is 9.80 Å². The molecule has 1 saturated heterocycles. The number of hydrogen-bond acceptors (Lipinski definition) is 5. The molecular weight excluding hydrogens is 468 g/mol. The number of benzene rings is 1. The molecule has 3 rings (SSSR count). The average Bonchev–Trinajstić information content (AvgIpc) is 3.42. The number of likely N-dealkylation sites (tertiary alicyclic amines) is 1. The van der Waals surface area contributed by atoms with E-state index in [0.29, 0.717) is 24.5 Å². The number of carboxylic acids is 1. The van der Waals surface area contributed by atoms with Crippen LogP contribution >= 0.6 is 0 Å². The minimum atomic E-state index is -0.815. The van der Waals surface area contributed by atoms with Crippen LogP contribution in [0.15, 0.2) is 29.8 Å². The van der Waals surface area contributed by atoms with Crippen LogP contribution in [0.25, 0.3) is 0 Å². The summed E-state index contributed by atoms with van der Waals surface area (Å²) >= 11 is 0. The predicted octanol–water partition coefficient (Wildman–Crippen LogP) is 5.70. The first-order valence-corrected chi connectivity index (χ1v) is 13.9. The van der Waals surface area contributed by atoms with Crippen molar-refractivity contribution in [3.8, 4) is 11.5 Å². The van der Waals surface area contributed by atoms with Crippen molar-refractivity contribution >= 4 is 11.9 Å². The molecule has 0 aromatic heterocycles. The number of hydrogen-bond donors (Lipinski definition) is 1. The number of fused-ring (bicyclic) bond motifs is 1. The lowest BCUT2D eigenvalue weighted by Gasteiger charge is -2.34. The zero-order valence-electron chi connectivity index (χ0n) is 23.6. The number of carbonyl (C=O) groups excluding carboxylic acids is 1. The molecule has 0 unspecified atom stereocenters. The summed E-state index contributed by atoms with van der Waals surface area (Å²) in [6.45, 7) is 15.2. The van der Waals surface area contributed by atoms with Crippen molar-refractivity contribution in [2.24, 2.45) is 11.3 Å². The van der Waals surface area contributed by atoms with E-state index in [4.69, 9.17) is 9.47 Å². The summed E-state index contributed by atoms with van der Waals surface area (Å²) in [7, 11) is 0. The quantitative estimate of drug-likeness (QED) is 0.341. The molecule has 0 saturated carbocycles. The number of rotatable bonds is 13. The zero-order chi connectivity index (χ0) is 27.2. The predicted molar refractivity (Wildman–Crippen MR) is 146 cm³/mol. The summed E-state index contributed by atoms with van der Waals surface area (Å²) in [5.74, 6) is -0.246. The number of carbonyl (C=O) groups is 2. The molecule has 2 heterocycles. The molecule has 1 N–H and O–H groups in total. The Hall–Kier alpha value is -2.54. The number of ether oxygens (including phenoxy) is 2. The van der Waals surface area contributed by atoms with Crippen molar-refractivity contribution in [2.45, 2.75) is 85.6 Å². The summed E-state index contributed by atoms with van der Waals surface area (Å²) < 4.78 is 11.1. The second-order valence-electron chi connectivity index (χ2n) is 11.6. The molecule has 1 aromatic rings. The van der Waals surface area contributed by atoms with Gasteiger partial charge in [0.25, 0.3) is 0 Å². The smallest absolute Gasteiger partial charge is 0.308 e. The van der Waals surface area contributed by atoms with Crippen LogP contribution in [0.1, 0.15) is 85.1 Å². The Labute approximate surface area is 222 Å². The van der Waals surface area contributed by atoms with Crippen LogP contribution in [0.3, 0.4) is 0 Å². The normalized spacial score (nSPS) is 21.2. The maximum absolute atomic E-state index is 13.6. The molecular formula is C30H46N2O5. The highest BCUT2D eigenvalue weighted by atomic mass is 16.7. The maximum atomic E-state index is 13.6. The molecule has 0 radical (unpaired) electrons. The van der Waals surface area contributed by atoms with Crippen LogP contribution in [0, 0.1) is 11.3 Å². The van der Waals surface area contributed by atoms with Crippen molar-refractivity contribution in [3.05, 3.63) is 35.4 Å². The third-order valence-electron chi connectivity index (χ3n) is 7.53. The molecule has 1 amide bonds. The number of allylic oxidation sites excluding steroid dienone is 2. The number of nitrogens with zero attached hydrogens (tertiary/aromatic N) is 2. The SMILES string of the molecule is CCCCN(CCCC)C(=O)CN1C[C@H](c2ccc3c(c2)OCO3)[C@@H](C(=O)O)[C@@H]1CC(C)(C)C=C(C)C. The maximum Gasteiger partial charge on any atom is 0.308 e. The third kappa shape index (κ3) is 7.50. The number of unbranched alkanes of at least 4 members (excludes halogenated alkanes) is 2. The Morgan fingerprint density at radius 1 is 1.11 bits per heavy atom. The molecule has 0 aliphatic carbocycles. The monoisotopic (exact) mass is 514 g/mol. The van der Waals surface area contributed by atoms with E-state index in [9.17, 15) is 14.7 Å². The van der Waals surface area contributed by atoms with E-state index in [1.807, 2.05) is 23.1 Å². The van der Waals surface area contributed by atoms with Gasteiger partial charge in [-0.1, -0.05) is 58.3 Å². The summed E-state index contributed by atoms with van der Waals surface area (Å²) in [4.78, 5) is 30.5. The Kier molecular flexibility index (Phi) is 10.0. The van der Waals surface area contributed by atoms with Crippen molar-refractivity contribution in [2.75, 3.05) is 33.0 Å². The molecule has 37 heavy (non-hydrogen) atoms. The van der Waals surface area contributed by atoms with Gasteiger partial charge in [0.05, 0.1) is 12.5 Å². The van der Waals surface area contributed by atoms with Crippen molar-refractivity contribution < 1.29 is 24.2 Å². The second kappa shape index (κ2) is 12.8. The van der Waals surface area contributed by atoms with E-state index >= 15 is 0 Å². The summed E-state index contributed by atoms with van der Waals surface area (Å²) in [5, 5.41) is 10.5. The minimum absolute atomic E-state index is 0.0994. The first kappa shape index (κ1) is 29.0. The van der Waals surface area contributed by atoms with Crippen LogP contribution < -0.4 is 9.47 Å². The Bertz CT molecular complexity index is 961. The fourth-order valence-corrected chi connectivity index (χ4v) is 5.94. The lowest BCUT2D eigenvalue weighted by Crippen LogP contribution is -2.45. The van der Waals surface area contributed by atoms with Gasteiger partial charge in [0.2, 0.25) is 12.7 Å². The molecule has 2 aliphatic heterocycles. The summed E-state index contributed by atoms with van der Waals surface area (Å²) in [6.07, 6.45) is 6.90. The van der Waals surface area contributed by atoms with Crippen molar-refractivity contribution in [3.63, 3.8) is 0 Å². The van der Waals surface area contributed by atoms with Gasteiger partial charge < -0.3 is 19.5 Å². The number of carboxylic acid groups (broad SMARTS) is 1. The minimum Gasteiger partial charge on any atom is -0.481 e. The zero-order valence-corrected chi connectivity index (χ0v) is 23.6. The molecule has 2 aliphatic rings. The van der Waals surface area contributed by atoms with E-state index in [2.05, 4.69) is 52.5 Å². The molecule has 7 nitrogen and oxygen atoms in total. The van der Waals surface area contributed by atoms with Gasteiger partial charge >= 0.3 is 5.97 Å². The highest BCUT2D eigenvalue weighted by Gasteiger charge is 2.48. The summed E-state index contributed by atoms with van der Waals surface area (Å²) in [5.41, 5.74) is 1.92. The Morgan fingerprint density at radius 3 is 2.35 bits per heavy atom. The van der Waals surface area contributed by atoms with Crippen LogP contribution in [-0.4, -0.2) is 65.8 Å². The molecule has 1 fully saturated rings. The van der Waals surface area contributed by atoms with Gasteiger partial charge in [0.1, 0.15) is 0 Å². The molecule has 3 atom stereocenters. The van der Waals surface area contributed by atoms with E-state index in [1.165, 1.54) is 5.57 Å². The summed E-state index contributed by atoms with van der Waals surface area (Å²) in [6, 6.07) is 5.47. The Balaban J connectivity index is 1.93. The van der Waals surface area contributed by atoms with E-state index in [-0.39, 0.29) is 36.6 Å². The van der Waals surface area contributed by atoms with Gasteiger partial charge in [0.15, 0.2) is 11.5 Å². The van der Waals surface area contributed by atoms with Gasteiger partial charge in [-0.15, -0.1) is 0 Å². The largest absolute Gasteiger partial charge is 0.481 e. The van der Waals surface area contributed by atoms with Gasteiger partial charge in [-0.2, -0.15) is 0 Å². The van der Waals surface area contributed by atoms with Crippen LogP contribution in [0.4, 0.5) is 0 Å². The molecule has 0 spiro atoms. The first-order valence-electron chi connectivity index (χ1n) is 13.9. The van der Waals surface area contributed by atoms with Crippen molar-refractivity contribution in [1.29, 1.82) is 0 Å². The highest BCUT2D eigenvalue weighted by Crippen LogP contribution is 2.45. The second-order valence-corrected chi connectivity index (χ2v) is 11.6. The molecule has 0 bridgehead atoms. The molecule has 1 aromatic carbocycles.